The van der Waals surface area contributed by atoms with Crippen molar-refractivity contribution in [2.24, 2.45) is 0 Å². The number of aromatic amines is 2. The second-order valence-electron chi connectivity index (χ2n) is 14.3. The largest absolute Gasteiger partial charge is 0.486 e. The van der Waals surface area contributed by atoms with Crippen LogP contribution in [0.25, 0.3) is 85.0 Å². The maximum atomic E-state index is 15.1. The van der Waals surface area contributed by atoms with Crippen LogP contribution < -0.4 is 0 Å². The fourth-order valence-electron chi connectivity index (χ4n) is 7.96. The first-order chi connectivity index (χ1) is 27.4. The highest BCUT2D eigenvalue weighted by molar-refractivity contribution is 6.43. The zero-order valence-electron chi connectivity index (χ0n) is 30.6. The smallest absolute Gasteiger partial charge is 0.229 e. The third kappa shape index (κ3) is 5.52. The van der Waals surface area contributed by atoms with Crippen molar-refractivity contribution in [2.75, 3.05) is 0 Å². The highest BCUT2D eigenvalue weighted by atomic mass is 16.5. The first-order valence-electron chi connectivity index (χ1n) is 18.7. The minimum Gasteiger partial charge on any atom is -0.486 e. The number of nitrogens with zero attached hydrogens (tertiary/aromatic N) is 2. The molecule has 3 aromatic heterocycles. The van der Waals surface area contributed by atoms with E-state index in [4.69, 9.17) is 14.7 Å². The highest BCUT2D eigenvalue weighted by Crippen LogP contribution is 2.41. The number of benzene rings is 4. The number of carbonyl (C=O) groups is 2. The number of nitrogens with one attached hydrogen (secondary N) is 2. The molecule has 10 rings (SSSR count). The number of allylic oxidation sites excluding steroid dienone is 2. The molecule has 0 atom stereocenters. The number of hydrogen-bond donors (Lipinski definition) is 2. The second-order valence-corrected chi connectivity index (χ2v) is 14.3. The van der Waals surface area contributed by atoms with Crippen LogP contribution in [0, 0.1) is 0 Å². The molecule has 3 aliphatic rings. The average Bonchev–Trinajstić information content (AvgIpc) is 4.06. The van der Waals surface area contributed by atoms with Gasteiger partial charge in [0.15, 0.2) is 11.5 Å². The van der Waals surface area contributed by atoms with Gasteiger partial charge in [-0.15, -0.1) is 0 Å². The summed E-state index contributed by atoms with van der Waals surface area (Å²) in [4.78, 5) is 47.6. The molecule has 0 unspecified atom stereocenters. The molecule has 2 aliphatic heterocycles. The lowest BCUT2D eigenvalue weighted by Crippen LogP contribution is -2.25. The molecule has 0 fully saturated rings. The summed E-state index contributed by atoms with van der Waals surface area (Å²) < 4.78 is 6.42. The van der Waals surface area contributed by atoms with E-state index >= 15 is 4.79 Å². The molecule has 7 nitrogen and oxygen atoms in total. The zero-order valence-corrected chi connectivity index (χ0v) is 30.6. The van der Waals surface area contributed by atoms with Crippen LogP contribution in [-0.2, 0) is 4.74 Å². The number of hydrogen-bond acceptors (Lipinski definition) is 5. The van der Waals surface area contributed by atoms with Crippen molar-refractivity contribution in [1.29, 1.82) is 0 Å². The number of H-pyrrole nitrogens is 2. The van der Waals surface area contributed by atoms with Gasteiger partial charge in [0.25, 0.3) is 0 Å². The van der Waals surface area contributed by atoms with Crippen LogP contribution in [0.3, 0.4) is 0 Å². The Balaban J connectivity index is 1.37. The van der Waals surface area contributed by atoms with Crippen LogP contribution in [0.15, 0.2) is 133 Å². The van der Waals surface area contributed by atoms with Crippen molar-refractivity contribution in [3.05, 3.63) is 173 Å². The normalized spacial score (nSPS) is 13.6. The molecule has 268 valence electrons. The van der Waals surface area contributed by atoms with Crippen molar-refractivity contribution in [3.8, 4) is 22.3 Å². The fourth-order valence-corrected chi connectivity index (χ4v) is 7.96. The number of rotatable bonds is 5. The van der Waals surface area contributed by atoms with E-state index in [-0.39, 0.29) is 22.9 Å². The summed E-state index contributed by atoms with van der Waals surface area (Å²) in [5.74, 6) is -0.641. The van der Waals surface area contributed by atoms with E-state index in [0.29, 0.717) is 39.0 Å². The highest BCUT2D eigenvalue weighted by Gasteiger charge is 2.38. The Bertz CT molecular complexity index is 3020. The van der Waals surface area contributed by atoms with Gasteiger partial charge >= 0.3 is 0 Å². The minimum absolute atomic E-state index is 0.00497. The molecule has 0 spiro atoms. The topological polar surface area (TPSA) is 101 Å². The minimum atomic E-state index is -0.394. The molecule has 4 aromatic carbocycles. The van der Waals surface area contributed by atoms with E-state index in [0.717, 1.165) is 55.6 Å². The Morgan fingerprint density at radius 2 is 1.12 bits per heavy atom. The van der Waals surface area contributed by atoms with E-state index in [1.807, 2.05) is 129 Å². The molecule has 0 amide bonds. The van der Waals surface area contributed by atoms with Crippen LogP contribution in [0.1, 0.15) is 62.9 Å². The number of Topliss-reactive ketones (excluding diaryl/α,β-unsaturated/α-hetero) is 2. The Morgan fingerprint density at radius 3 is 1.84 bits per heavy atom. The summed E-state index contributed by atoms with van der Waals surface area (Å²) in [7, 11) is 0. The molecule has 1 aliphatic carbocycles. The molecular weight excluding hydrogens is 693 g/mol. The van der Waals surface area contributed by atoms with Crippen LogP contribution in [-0.4, -0.2) is 37.6 Å². The van der Waals surface area contributed by atoms with Crippen LogP contribution in [0.5, 0.6) is 0 Å². The van der Waals surface area contributed by atoms with E-state index < -0.39 is 6.10 Å². The lowest BCUT2D eigenvalue weighted by atomic mass is 9.82. The first-order valence-corrected chi connectivity index (χ1v) is 18.7. The van der Waals surface area contributed by atoms with Gasteiger partial charge in [-0.25, -0.2) is 9.97 Å². The SMILES string of the molecule is CC(C)OC1=C(c2c3nc(c(-c4ccccc4)c4ccc(cc5nc(c(-c6ccccc6)c6ccc2[nH]6)C=C5)[nH]4)C=C3)C(=O)c2ccc3ccccc3c2C1=O. The first kappa shape index (κ1) is 33.2. The van der Waals surface area contributed by atoms with Crippen molar-refractivity contribution in [3.63, 3.8) is 0 Å². The van der Waals surface area contributed by atoms with Crippen LogP contribution in [0.4, 0.5) is 0 Å². The molecule has 0 radical (unpaired) electrons. The van der Waals surface area contributed by atoms with E-state index in [1.165, 1.54) is 0 Å². The lowest BCUT2D eigenvalue weighted by Gasteiger charge is -2.24. The van der Waals surface area contributed by atoms with Crippen molar-refractivity contribution >= 4 is 74.3 Å². The van der Waals surface area contributed by atoms with Crippen LogP contribution >= 0.6 is 0 Å². The zero-order chi connectivity index (χ0) is 37.9. The van der Waals surface area contributed by atoms with Gasteiger partial charge in [-0.2, -0.15) is 0 Å². The molecule has 2 N–H and O–H groups in total. The fraction of sp³-hybridized carbons (Fsp3) is 0.0612. The third-order valence-corrected chi connectivity index (χ3v) is 10.4. The van der Waals surface area contributed by atoms with Crippen LogP contribution in [0.2, 0.25) is 0 Å². The Kier molecular flexibility index (Phi) is 7.82. The van der Waals surface area contributed by atoms with Gasteiger partial charge in [-0.1, -0.05) is 91.0 Å². The van der Waals surface area contributed by atoms with Gasteiger partial charge < -0.3 is 14.7 Å². The third-order valence-electron chi connectivity index (χ3n) is 10.4. The number of ketones is 2. The lowest BCUT2D eigenvalue weighted by molar-refractivity contribution is 0.0823. The van der Waals surface area contributed by atoms with Gasteiger partial charge in [0.1, 0.15) is 0 Å². The number of fused-ring (bicyclic) bond motifs is 11. The summed E-state index contributed by atoms with van der Waals surface area (Å²) in [6, 6.07) is 41.6. The maximum absolute atomic E-state index is 15.1. The quantitative estimate of drug-likeness (QED) is 0.184. The van der Waals surface area contributed by atoms with Gasteiger partial charge in [0, 0.05) is 49.9 Å². The molecular formula is C49H34N4O3. The molecule has 56 heavy (non-hydrogen) atoms. The predicted octanol–water partition coefficient (Wildman–Crippen LogP) is 11.4. The van der Waals surface area contributed by atoms with E-state index in [9.17, 15) is 4.79 Å². The van der Waals surface area contributed by atoms with Crippen molar-refractivity contribution < 1.29 is 14.3 Å². The number of ether oxygens (including phenoxy) is 1. The molecule has 7 aromatic rings. The summed E-state index contributed by atoms with van der Waals surface area (Å²) in [6.07, 6.45) is 7.53. The van der Waals surface area contributed by atoms with Gasteiger partial charge in [0.2, 0.25) is 5.78 Å². The monoisotopic (exact) mass is 726 g/mol. The van der Waals surface area contributed by atoms with Gasteiger partial charge in [-0.05, 0) is 96.4 Å². The molecule has 0 saturated heterocycles. The van der Waals surface area contributed by atoms with E-state index in [1.54, 1.807) is 6.07 Å². The Hall–Kier alpha value is -7.38. The van der Waals surface area contributed by atoms with Crippen molar-refractivity contribution in [1.82, 2.24) is 19.9 Å². The second kappa shape index (κ2) is 13.2. The molecule has 5 heterocycles. The van der Waals surface area contributed by atoms with E-state index in [2.05, 4.69) is 40.3 Å². The molecule has 8 bridgehead atoms. The Labute approximate surface area is 322 Å². The Morgan fingerprint density at radius 1 is 0.536 bits per heavy atom. The number of carbonyl (C=O) groups excluding carboxylic acids is 2. The summed E-state index contributed by atoms with van der Waals surface area (Å²) >= 11 is 0. The standard InChI is InChI=1S/C49H34N4O3/c1-28(2)56-49-46(47(54)35-20-17-29-11-9-10-16-34(29)44(35)48(49)55)45-40-25-23-38(52-40)42(30-12-5-3-6-13-30)36-21-18-32(50-36)27-33-19-22-37(51-33)43(31-14-7-4-8-15-31)39-24-26-41(45)53-39/h3-28,50,53H,1-2H3. The summed E-state index contributed by atoms with van der Waals surface area (Å²) in [6.45, 7) is 3.73. The average molecular weight is 727 g/mol. The summed E-state index contributed by atoms with van der Waals surface area (Å²) in [5.41, 5.74) is 11.0. The number of aromatic nitrogens is 4. The summed E-state index contributed by atoms with van der Waals surface area (Å²) in [5, 5.41) is 1.58. The molecule has 7 heteroatoms. The van der Waals surface area contributed by atoms with Gasteiger partial charge in [0.05, 0.1) is 34.5 Å². The maximum Gasteiger partial charge on any atom is 0.229 e. The predicted molar refractivity (Wildman–Crippen MR) is 225 cm³/mol. The van der Waals surface area contributed by atoms with Gasteiger partial charge in [-0.3, -0.25) is 9.59 Å². The molecule has 0 saturated carbocycles. The van der Waals surface area contributed by atoms with Crippen molar-refractivity contribution in [2.45, 2.75) is 20.0 Å².